The van der Waals surface area contributed by atoms with Gasteiger partial charge in [-0.1, -0.05) is 0 Å². The highest BCUT2D eigenvalue weighted by Gasteiger charge is 2.50. The van der Waals surface area contributed by atoms with Gasteiger partial charge in [-0.3, -0.25) is 9.69 Å². The molecule has 0 aliphatic carbocycles. The predicted molar refractivity (Wildman–Crippen MR) is 72.3 cm³/mol. The third-order valence-corrected chi connectivity index (χ3v) is 4.90. The van der Waals surface area contributed by atoms with Crippen molar-refractivity contribution in [3.63, 3.8) is 0 Å². The van der Waals surface area contributed by atoms with Gasteiger partial charge in [-0.2, -0.15) is 4.57 Å². The molecule has 1 saturated heterocycles. The van der Waals surface area contributed by atoms with Gasteiger partial charge in [0.2, 0.25) is 5.91 Å². The average Bonchev–Trinajstić information content (AvgIpc) is 2.45. The number of carbonyl (C=O) groups is 2. The monoisotopic (exact) mass is 306 g/mol. The zero-order valence-corrected chi connectivity index (χ0v) is 12.2. The van der Waals surface area contributed by atoms with E-state index < -0.39 is 12.0 Å². The molecule has 7 nitrogen and oxygen atoms in total. The van der Waals surface area contributed by atoms with E-state index in [4.69, 9.17) is 5.73 Å². The van der Waals surface area contributed by atoms with Crippen LogP contribution >= 0.6 is 11.8 Å². The van der Waals surface area contributed by atoms with Gasteiger partial charge in [0.15, 0.2) is 18.9 Å². The number of hydrogen-bond donors (Lipinski definition) is 1. The van der Waals surface area contributed by atoms with Crippen molar-refractivity contribution in [1.82, 2.24) is 9.88 Å². The van der Waals surface area contributed by atoms with Gasteiger partial charge in [0, 0.05) is 11.3 Å². The van der Waals surface area contributed by atoms with E-state index in [1.54, 1.807) is 12.4 Å². The number of fused-ring (bicyclic) bond motifs is 1. The molecular formula is C13H14N4O3S. The molecule has 3 heterocycles. The van der Waals surface area contributed by atoms with Gasteiger partial charge in [-0.25, -0.2) is 4.98 Å². The molecule has 2 aliphatic rings. The van der Waals surface area contributed by atoms with Crippen LogP contribution in [0.15, 0.2) is 29.9 Å². The summed E-state index contributed by atoms with van der Waals surface area (Å²) in [6.07, 6.45) is 5.23. The van der Waals surface area contributed by atoms with E-state index >= 15 is 0 Å². The molecule has 2 N–H and O–H groups in total. The lowest BCUT2D eigenvalue weighted by Gasteiger charge is -2.49. The molecule has 0 aromatic carbocycles. The highest BCUT2D eigenvalue weighted by Crippen LogP contribution is 2.39. The highest BCUT2D eigenvalue weighted by atomic mass is 32.2. The Kier molecular flexibility index (Phi) is 3.42. The quantitative estimate of drug-likeness (QED) is 0.508. The fourth-order valence-corrected chi connectivity index (χ4v) is 3.84. The van der Waals surface area contributed by atoms with E-state index in [1.807, 2.05) is 17.7 Å². The molecule has 0 spiro atoms. The Hall–Kier alpha value is -1.93. The smallest absolute Gasteiger partial charge is 0.248 e. The van der Waals surface area contributed by atoms with E-state index in [9.17, 15) is 14.7 Å². The van der Waals surface area contributed by atoms with Crippen molar-refractivity contribution >= 4 is 23.6 Å². The summed E-state index contributed by atoms with van der Waals surface area (Å²) in [7, 11) is 0. The minimum Gasteiger partial charge on any atom is -0.543 e. The summed E-state index contributed by atoms with van der Waals surface area (Å²) in [6.45, 7) is 2.24. The number of aliphatic carboxylic acids is 1. The minimum atomic E-state index is -1.33. The first-order valence-electron chi connectivity index (χ1n) is 6.44. The van der Waals surface area contributed by atoms with Crippen molar-refractivity contribution in [2.75, 3.05) is 5.75 Å². The van der Waals surface area contributed by atoms with Gasteiger partial charge < -0.3 is 15.6 Å². The number of aryl methyl sites for hydroxylation is 1. The van der Waals surface area contributed by atoms with E-state index in [0.717, 1.165) is 5.69 Å². The molecule has 1 amide bonds. The van der Waals surface area contributed by atoms with Crippen LogP contribution in [-0.4, -0.2) is 38.9 Å². The number of rotatable bonds is 3. The summed E-state index contributed by atoms with van der Waals surface area (Å²) >= 11 is 1.48. The number of amides is 1. The van der Waals surface area contributed by atoms with E-state index in [2.05, 4.69) is 4.98 Å². The molecule has 2 aliphatic heterocycles. The Morgan fingerprint density at radius 1 is 1.67 bits per heavy atom. The summed E-state index contributed by atoms with van der Waals surface area (Å²) in [5, 5.41) is 11.1. The van der Waals surface area contributed by atoms with Crippen molar-refractivity contribution in [2.45, 2.75) is 24.9 Å². The molecule has 21 heavy (non-hydrogen) atoms. The molecule has 1 unspecified atom stereocenters. The third-order valence-electron chi connectivity index (χ3n) is 3.54. The summed E-state index contributed by atoms with van der Waals surface area (Å²) in [5.41, 5.74) is 7.14. The van der Waals surface area contributed by atoms with Crippen LogP contribution in [0.3, 0.4) is 0 Å². The molecule has 3 rings (SSSR count). The van der Waals surface area contributed by atoms with Crippen molar-refractivity contribution in [1.29, 1.82) is 0 Å². The molecule has 0 saturated carbocycles. The molecule has 8 heteroatoms. The Balaban J connectivity index is 1.95. The second-order valence-corrected chi connectivity index (χ2v) is 6.15. The summed E-state index contributed by atoms with van der Waals surface area (Å²) in [4.78, 5) is 28.6. The molecule has 1 aromatic rings. The topological polar surface area (TPSA) is 103 Å². The van der Waals surface area contributed by atoms with Crippen LogP contribution in [0.5, 0.6) is 0 Å². The number of carboxylic acids is 1. The van der Waals surface area contributed by atoms with Crippen molar-refractivity contribution in [3.05, 3.63) is 35.6 Å². The zero-order chi connectivity index (χ0) is 15.1. The zero-order valence-electron chi connectivity index (χ0n) is 11.4. The Bertz CT molecular complexity index is 661. The summed E-state index contributed by atoms with van der Waals surface area (Å²) in [5.74, 6) is -1.18. The van der Waals surface area contributed by atoms with Gasteiger partial charge >= 0.3 is 0 Å². The summed E-state index contributed by atoms with van der Waals surface area (Å²) in [6, 6.07) is -0.623. The fraction of sp³-hybridized carbons (Fsp3) is 0.385. The van der Waals surface area contributed by atoms with Crippen LogP contribution in [-0.2, 0) is 16.1 Å². The first kappa shape index (κ1) is 14.0. The number of carboxylic acid groups (broad SMARTS) is 1. The third kappa shape index (κ3) is 2.30. The number of nitrogens with two attached hydrogens (primary N) is 1. The van der Waals surface area contributed by atoms with Crippen LogP contribution in [0.4, 0.5) is 0 Å². The molecule has 0 bridgehead atoms. The number of hydrogen-bond acceptors (Lipinski definition) is 6. The normalized spacial score (nSPS) is 24.7. The maximum atomic E-state index is 11.8. The minimum absolute atomic E-state index is 0.0348. The van der Waals surface area contributed by atoms with Gasteiger partial charge in [0.05, 0.1) is 17.9 Å². The number of carbonyl (C=O) groups excluding carboxylic acids is 2. The fourth-order valence-electron chi connectivity index (χ4n) is 2.56. The second-order valence-electron chi connectivity index (χ2n) is 5.05. The molecule has 1 aromatic heterocycles. The Morgan fingerprint density at radius 2 is 2.43 bits per heavy atom. The van der Waals surface area contributed by atoms with Crippen LogP contribution in [0.2, 0.25) is 0 Å². The first-order chi connectivity index (χ1) is 9.99. The van der Waals surface area contributed by atoms with Gasteiger partial charge in [0.1, 0.15) is 17.1 Å². The molecule has 110 valence electrons. The highest BCUT2D eigenvalue weighted by molar-refractivity contribution is 8.00. The largest absolute Gasteiger partial charge is 0.543 e. The van der Waals surface area contributed by atoms with Crippen molar-refractivity contribution in [3.8, 4) is 0 Å². The Labute approximate surface area is 125 Å². The first-order valence-corrected chi connectivity index (χ1v) is 7.49. The molecule has 1 fully saturated rings. The molecular weight excluding hydrogens is 292 g/mol. The lowest BCUT2D eigenvalue weighted by Crippen LogP contribution is -2.69. The number of nitrogens with zero attached hydrogens (tertiary/aromatic N) is 3. The van der Waals surface area contributed by atoms with Crippen LogP contribution in [0, 0.1) is 6.92 Å². The van der Waals surface area contributed by atoms with Crippen LogP contribution in [0.25, 0.3) is 0 Å². The standard InChI is InChI=1S/C13H14N4O3S/c1-7-4-16(3-2-15-7)5-8-6-21-12-9(14)11(18)17(12)10(8)13(19)20/h2-4,9,12H,5-6,14H2,1H3/t9?,12-/m0/s1. The molecule has 0 radical (unpaired) electrons. The second kappa shape index (κ2) is 5.12. The van der Waals surface area contributed by atoms with E-state index in [0.29, 0.717) is 17.9 Å². The van der Waals surface area contributed by atoms with Crippen molar-refractivity contribution in [2.24, 2.45) is 5.73 Å². The SMILES string of the molecule is Cc1c[n+](CC2=C(C(=O)[O-])N3C(=O)C(N)[C@@H]3SC2)ccn1. The van der Waals surface area contributed by atoms with Crippen LogP contribution in [0.1, 0.15) is 5.69 Å². The van der Waals surface area contributed by atoms with Gasteiger partial charge in [-0.15, -0.1) is 11.8 Å². The maximum absolute atomic E-state index is 11.8. The van der Waals surface area contributed by atoms with E-state index in [1.165, 1.54) is 16.7 Å². The molecule has 2 atom stereocenters. The van der Waals surface area contributed by atoms with Gasteiger partial charge in [-0.05, 0) is 6.92 Å². The lowest BCUT2D eigenvalue weighted by molar-refractivity contribution is -0.689. The van der Waals surface area contributed by atoms with E-state index in [-0.39, 0.29) is 17.0 Å². The number of aromatic nitrogens is 2. The Morgan fingerprint density at radius 3 is 3.10 bits per heavy atom. The average molecular weight is 306 g/mol. The van der Waals surface area contributed by atoms with Gasteiger partial charge in [0.25, 0.3) is 0 Å². The lowest BCUT2D eigenvalue weighted by atomic mass is 10.0. The van der Waals surface area contributed by atoms with Crippen molar-refractivity contribution < 1.29 is 19.3 Å². The van der Waals surface area contributed by atoms with Crippen LogP contribution < -0.4 is 15.4 Å². The maximum Gasteiger partial charge on any atom is 0.248 e. The number of thioether (sulfide) groups is 1. The predicted octanol–water partition coefficient (Wildman–Crippen LogP) is -2.08. The summed E-state index contributed by atoms with van der Waals surface area (Å²) < 4.78 is 1.84. The number of β-lactam (4-membered cyclic amide) rings is 1.